The molecule has 0 spiro atoms. The summed E-state index contributed by atoms with van der Waals surface area (Å²) in [6.07, 6.45) is 2.72. The molecule has 1 aromatic carbocycles. The van der Waals surface area contributed by atoms with Crippen LogP contribution in [0.5, 0.6) is 5.75 Å². The molecule has 1 aliphatic carbocycles. The summed E-state index contributed by atoms with van der Waals surface area (Å²) < 4.78 is 5.53. The zero-order chi connectivity index (χ0) is 14.5. The molecule has 1 atom stereocenters. The van der Waals surface area contributed by atoms with E-state index in [1.165, 1.54) is 0 Å². The number of carbonyl (C=O) groups is 1. The Hall–Kier alpha value is -1.55. The second-order valence-corrected chi connectivity index (χ2v) is 5.64. The lowest BCUT2D eigenvalue weighted by atomic mass is 10.1. The molecule has 20 heavy (non-hydrogen) atoms. The van der Waals surface area contributed by atoms with Crippen LogP contribution >= 0.6 is 0 Å². The summed E-state index contributed by atoms with van der Waals surface area (Å²) in [5.74, 6) is 1.11. The van der Waals surface area contributed by atoms with Crippen LogP contribution in [-0.2, 0) is 0 Å². The SMILES string of the molecule is CC(C)Oc1ccc(C(=O)NCC[C@H](O)C2CC2)cc1. The molecule has 0 aliphatic heterocycles. The van der Waals surface area contributed by atoms with Gasteiger partial charge in [-0.25, -0.2) is 0 Å². The molecule has 1 saturated carbocycles. The van der Waals surface area contributed by atoms with Crippen LogP contribution in [0.3, 0.4) is 0 Å². The molecule has 4 nitrogen and oxygen atoms in total. The van der Waals surface area contributed by atoms with Crippen LogP contribution in [0.25, 0.3) is 0 Å². The summed E-state index contributed by atoms with van der Waals surface area (Å²) in [5.41, 5.74) is 0.613. The fraction of sp³-hybridized carbons (Fsp3) is 0.562. The van der Waals surface area contributed by atoms with Gasteiger partial charge < -0.3 is 15.2 Å². The van der Waals surface area contributed by atoms with Gasteiger partial charge in [-0.3, -0.25) is 4.79 Å². The van der Waals surface area contributed by atoms with Gasteiger partial charge in [-0.2, -0.15) is 0 Å². The van der Waals surface area contributed by atoms with Crippen molar-refractivity contribution in [2.24, 2.45) is 5.92 Å². The van der Waals surface area contributed by atoms with Gasteiger partial charge in [0.2, 0.25) is 0 Å². The number of carbonyl (C=O) groups excluding carboxylic acids is 1. The van der Waals surface area contributed by atoms with E-state index >= 15 is 0 Å². The standard InChI is InChI=1S/C16H23NO3/c1-11(2)20-14-7-5-13(6-8-14)16(19)17-10-9-15(18)12-3-4-12/h5-8,11-12,15,18H,3-4,9-10H2,1-2H3,(H,17,19)/t15-/m0/s1. The molecule has 0 bridgehead atoms. The predicted molar refractivity (Wildman–Crippen MR) is 77.9 cm³/mol. The van der Waals surface area contributed by atoms with Gasteiger partial charge in [-0.15, -0.1) is 0 Å². The van der Waals surface area contributed by atoms with Crippen molar-refractivity contribution in [2.75, 3.05) is 6.54 Å². The first-order chi connectivity index (χ1) is 9.56. The van der Waals surface area contributed by atoms with Crippen molar-refractivity contribution in [3.63, 3.8) is 0 Å². The first-order valence-corrected chi connectivity index (χ1v) is 7.29. The Kier molecular flexibility index (Phi) is 5.01. The molecule has 0 aromatic heterocycles. The zero-order valence-electron chi connectivity index (χ0n) is 12.1. The van der Waals surface area contributed by atoms with E-state index in [2.05, 4.69) is 5.32 Å². The van der Waals surface area contributed by atoms with E-state index in [0.29, 0.717) is 24.4 Å². The highest BCUT2D eigenvalue weighted by atomic mass is 16.5. The van der Waals surface area contributed by atoms with E-state index in [4.69, 9.17) is 4.74 Å². The number of hydrogen-bond acceptors (Lipinski definition) is 3. The minimum Gasteiger partial charge on any atom is -0.491 e. The van der Waals surface area contributed by atoms with Crippen LogP contribution in [0.4, 0.5) is 0 Å². The maximum Gasteiger partial charge on any atom is 0.251 e. The van der Waals surface area contributed by atoms with E-state index < -0.39 is 0 Å². The largest absolute Gasteiger partial charge is 0.491 e. The first-order valence-electron chi connectivity index (χ1n) is 7.29. The molecule has 0 heterocycles. The molecule has 4 heteroatoms. The van der Waals surface area contributed by atoms with Crippen LogP contribution in [0.15, 0.2) is 24.3 Å². The normalized spacial score (nSPS) is 16.0. The van der Waals surface area contributed by atoms with Gasteiger partial charge in [0.05, 0.1) is 12.2 Å². The summed E-state index contributed by atoms with van der Waals surface area (Å²) in [6.45, 7) is 4.44. The van der Waals surface area contributed by atoms with Crippen molar-refractivity contribution >= 4 is 5.91 Å². The molecule has 0 radical (unpaired) electrons. The van der Waals surface area contributed by atoms with Crippen molar-refractivity contribution in [3.05, 3.63) is 29.8 Å². The van der Waals surface area contributed by atoms with E-state index in [-0.39, 0.29) is 18.1 Å². The fourth-order valence-corrected chi connectivity index (χ4v) is 2.11. The minimum absolute atomic E-state index is 0.107. The monoisotopic (exact) mass is 277 g/mol. The molecule has 2 rings (SSSR count). The van der Waals surface area contributed by atoms with Crippen LogP contribution in [0.2, 0.25) is 0 Å². The number of nitrogens with one attached hydrogen (secondary N) is 1. The molecular weight excluding hydrogens is 254 g/mol. The quantitative estimate of drug-likeness (QED) is 0.804. The summed E-state index contributed by atoms with van der Waals surface area (Å²) in [5, 5.41) is 12.6. The average molecular weight is 277 g/mol. The Labute approximate surface area is 120 Å². The van der Waals surface area contributed by atoms with E-state index in [9.17, 15) is 9.90 Å². The second kappa shape index (κ2) is 6.75. The maximum atomic E-state index is 11.9. The molecule has 1 aliphatic rings. The number of aliphatic hydroxyl groups is 1. The fourth-order valence-electron chi connectivity index (χ4n) is 2.11. The summed E-state index contributed by atoms with van der Waals surface area (Å²) in [6, 6.07) is 7.11. The highest BCUT2D eigenvalue weighted by Crippen LogP contribution is 2.33. The molecule has 1 aromatic rings. The first kappa shape index (κ1) is 14.9. The minimum atomic E-state index is -0.267. The molecule has 1 fully saturated rings. The number of ether oxygens (including phenoxy) is 1. The van der Waals surface area contributed by atoms with Gasteiger partial charge in [0.15, 0.2) is 0 Å². The number of benzene rings is 1. The Balaban J connectivity index is 1.76. The van der Waals surface area contributed by atoms with Crippen molar-refractivity contribution in [1.29, 1.82) is 0 Å². The lowest BCUT2D eigenvalue weighted by Gasteiger charge is -2.11. The predicted octanol–water partition coefficient (Wildman–Crippen LogP) is 2.36. The van der Waals surface area contributed by atoms with E-state index in [1.807, 2.05) is 13.8 Å². The number of hydrogen-bond donors (Lipinski definition) is 2. The van der Waals surface area contributed by atoms with Gasteiger partial charge in [0.1, 0.15) is 5.75 Å². The molecule has 2 N–H and O–H groups in total. The second-order valence-electron chi connectivity index (χ2n) is 5.64. The maximum absolute atomic E-state index is 11.9. The molecule has 1 amide bonds. The number of amides is 1. The summed E-state index contributed by atoms with van der Waals surface area (Å²) >= 11 is 0. The third-order valence-electron chi connectivity index (χ3n) is 3.38. The Morgan fingerprint density at radius 1 is 1.35 bits per heavy atom. The number of rotatable bonds is 7. The van der Waals surface area contributed by atoms with Crippen molar-refractivity contribution in [1.82, 2.24) is 5.32 Å². The van der Waals surface area contributed by atoms with Crippen LogP contribution in [0, 0.1) is 5.92 Å². The third kappa shape index (κ3) is 4.53. The van der Waals surface area contributed by atoms with Gasteiger partial charge in [0, 0.05) is 12.1 Å². The van der Waals surface area contributed by atoms with Gasteiger partial charge in [-0.05, 0) is 63.3 Å². The van der Waals surface area contributed by atoms with E-state index in [0.717, 1.165) is 18.6 Å². The average Bonchev–Trinajstić information content (AvgIpc) is 3.23. The van der Waals surface area contributed by atoms with Gasteiger partial charge in [-0.1, -0.05) is 0 Å². The van der Waals surface area contributed by atoms with Gasteiger partial charge >= 0.3 is 0 Å². The lowest BCUT2D eigenvalue weighted by Crippen LogP contribution is -2.27. The molecular formula is C16H23NO3. The van der Waals surface area contributed by atoms with Crippen molar-refractivity contribution in [3.8, 4) is 5.75 Å². The Morgan fingerprint density at radius 3 is 2.55 bits per heavy atom. The Bertz CT molecular complexity index is 438. The lowest BCUT2D eigenvalue weighted by molar-refractivity contribution is 0.0937. The van der Waals surface area contributed by atoms with Gasteiger partial charge in [0.25, 0.3) is 5.91 Å². The van der Waals surface area contributed by atoms with E-state index in [1.54, 1.807) is 24.3 Å². The van der Waals surface area contributed by atoms with Crippen LogP contribution in [0.1, 0.15) is 43.5 Å². The highest BCUT2D eigenvalue weighted by Gasteiger charge is 2.29. The third-order valence-corrected chi connectivity index (χ3v) is 3.38. The van der Waals surface area contributed by atoms with Crippen molar-refractivity contribution < 1.29 is 14.6 Å². The zero-order valence-corrected chi connectivity index (χ0v) is 12.1. The Morgan fingerprint density at radius 2 is 2.00 bits per heavy atom. The summed E-state index contributed by atoms with van der Waals surface area (Å²) in [7, 11) is 0. The number of aliphatic hydroxyl groups excluding tert-OH is 1. The molecule has 110 valence electrons. The molecule has 0 unspecified atom stereocenters. The van der Waals surface area contributed by atoms with Crippen LogP contribution < -0.4 is 10.1 Å². The smallest absolute Gasteiger partial charge is 0.251 e. The van der Waals surface area contributed by atoms with Crippen molar-refractivity contribution in [2.45, 2.75) is 45.3 Å². The van der Waals surface area contributed by atoms with Crippen LogP contribution in [-0.4, -0.2) is 29.8 Å². The molecule has 0 saturated heterocycles. The summed E-state index contributed by atoms with van der Waals surface area (Å²) in [4.78, 5) is 11.9. The highest BCUT2D eigenvalue weighted by molar-refractivity contribution is 5.94. The topological polar surface area (TPSA) is 58.6 Å².